The molecule has 2 aromatic rings. The molecule has 1 N–H and O–H groups in total. The molecule has 0 aliphatic heterocycles. The van der Waals surface area contributed by atoms with Crippen molar-refractivity contribution in [2.75, 3.05) is 7.05 Å². The molecule has 0 aliphatic rings. The molecule has 2 nitrogen and oxygen atoms in total. The van der Waals surface area contributed by atoms with Crippen molar-refractivity contribution >= 4 is 0 Å². The van der Waals surface area contributed by atoms with Crippen molar-refractivity contribution in [1.29, 1.82) is 0 Å². The molecule has 0 saturated carbocycles. The zero-order valence-electron chi connectivity index (χ0n) is 11.5. The summed E-state index contributed by atoms with van der Waals surface area (Å²) in [5, 5.41) is 2.91. The molecule has 0 saturated heterocycles. The molecule has 1 aromatic heterocycles. The first-order valence-electron chi connectivity index (χ1n) is 6.29. The highest BCUT2D eigenvalue weighted by Gasteiger charge is 2.34. The van der Waals surface area contributed by atoms with Crippen molar-refractivity contribution in [1.82, 2.24) is 10.3 Å². The van der Waals surface area contributed by atoms with Crippen LogP contribution in [-0.4, -0.2) is 12.0 Å². The molecule has 6 heteroatoms. The van der Waals surface area contributed by atoms with Gasteiger partial charge in [0.2, 0.25) is 0 Å². The predicted molar refractivity (Wildman–Crippen MR) is 71.3 cm³/mol. The lowest BCUT2D eigenvalue weighted by atomic mass is 9.99. The second-order valence-electron chi connectivity index (χ2n) is 4.72. The van der Waals surface area contributed by atoms with Crippen molar-refractivity contribution in [2.45, 2.75) is 19.1 Å². The summed E-state index contributed by atoms with van der Waals surface area (Å²) in [5.41, 5.74) is 0.563. The molecule has 0 spiro atoms. The Balaban J connectivity index is 2.49. The first-order chi connectivity index (χ1) is 9.82. The summed E-state index contributed by atoms with van der Waals surface area (Å²) in [5.74, 6) is -1.28. The van der Waals surface area contributed by atoms with Crippen LogP contribution in [0.5, 0.6) is 0 Å². The van der Waals surface area contributed by atoms with Gasteiger partial charge in [-0.05, 0) is 49.4 Å². The normalized spacial score (nSPS) is 13.2. The first kappa shape index (κ1) is 15.4. The lowest BCUT2D eigenvalue weighted by Crippen LogP contribution is -2.20. The minimum Gasteiger partial charge on any atom is -0.308 e. The summed E-state index contributed by atoms with van der Waals surface area (Å²) in [6.07, 6.45) is -3.14. The summed E-state index contributed by atoms with van der Waals surface area (Å²) >= 11 is 0. The van der Waals surface area contributed by atoms with Gasteiger partial charge in [0.05, 0.1) is 17.3 Å². The van der Waals surface area contributed by atoms with E-state index in [9.17, 15) is 17.6 Å². The van der Waals surface area contributed by atoms with Gasteiger partial charge in [-0.3, -0.25) is 4.98 Å². The summed E-state index contributed by atoms with van der Waals surface area (Å²) in [7, 11) is 1.62. The van der Waals surface area contributed by atoms with Gasteiger partial charge in [-0.1, -0.05) is 6.07 Å². The second kappa shape index (κ2) is 5.81. The molecule has 21 heavy (non-hydrogen) atoms. The third-order valence-corrected chi connectivity index (χ3v) is 3.15. The van der Waals surface area contributed by atoms with Gasteiger partial charge in [-0.25, -0.2) is 4.39 Å². The number of aryl methyl sites for hydroxylation is 1. The van der Waals surface area contributed by atoms with Crippen molar-refractivity contribution in [2.24, 2.45) is 0 Å². The maximum atomic E-state index is 13.3. The Morgan fingerprint density at radius 2 is 1.86 bits per heavy atom. The van der Waals surface area contributed by atoms with Gasteiger partial charge >= 0.3 is 6.18 Å². The highest BCUT2D eigenvalue weighted by atomic mass is 19.4. The minimum absolute atomic E-state index is 0.310. The Morgan fingerprint density at radius 3 is 2.43 bits per heavy atom. The van der Waals surface area contributed by atoms with Gasteiger partial charge in [0, 0.05) is 6.20 Å². The zero-order chi connectivity index (χ0) is 15.6. The van der Waals surface area contributed by atoms with Crippen LogP contribution in [0.4, 0.5) is 17.6 Å². The van der Waals surface area contributed by atoms with E-state index >= 15 is 0 Å². The van der Waals surface area contributed by atoms with E-state index in [1.807, 2.05) is 6.92 Å². The molecule has 1 aromatic carbocycles. The number of hydrogen-bond donors (Lipinski definition) is 1. The van der Waals surface area contributed by atoms with Crippen LogP contribution in [0.15, 0.2) is 36.5 Å². The summed E-state index contributed by atoms with van der Waals surface area (Å²) < 4.78 is 51.7. The van der Waals surface area contributed by atoms with E-state index in [-0.39, 0.29) is 0 Å². The third-order valence-electron chi connectivity index (χ3n) is 3.15. The highest BCUT2D eigenvalue weighted by molar-refractivity contribution is 5.34. The molecule has 1 unspecified atom stereocenters. The van der Waals surface area contributed by atoms with Gasteiger partial charge in [0.25, 0.3) is 0 Å². The highest BCUT2D eigenvalue weighted by Crippen LogP contribution is 2.33. The molecule has 0 amide bonds. The SMILES string of the molecule is CNC(c1ccc(F)c(C(F)(F)F)c1)c1cc(C)ccn1. The van der Waals surface area contributed by atoms with Gasteiger partial charge in [-0.2, -0.15) is 13.2 Å². The van der Waals surface area contributed by atoms with Crippen molar-refractivity contribution in [3.05, 3.63) is 64.7 Å². The van der Waals surface area contributed by atoms with E-state index in [0.717, 1.165) is 17.7 Å². The van der Waals surface area contributed by atoms with Crippen LogP contribution in [0.25, 0.3) is 0 Å². The van der Waals surface area contributed by atoms with Crippen LogP contribution in [-0.2, 0) is 6.18 Å². The van der Waals surface area contributed by atoms with Crippen LogP contribution in [0.1, 0.15) is 28.4 Å². The van der Waals surface area contributed by atoms with Gasteiger partial charge in [0.1, 0.15) is 5.82 Å². The monoisotopic (exact) mass is 298 g/mol. The van der Waals surface area contributed by atoms with Gasteiger partial charge in [0.15, 0.2) is 0 Å². The minimum atomic E-state index is -4.72. The lowest BCUT2D eigenvalue weighted by molar-refractivity contribution is -0.140. The summed E-state index contributed by atoms with van der Waals surface area (Å²) in [6, 6.07) is 6.01. The molecule has 1 atom stereocenters. The first-order valence-corrected chi connectivity index (χ1v) is 6.29. The Hall–Kier alpha value is -1.95. The van der Waals surface area contributed by atoms with E-state index in [1.54, 1.807) is 25.4 Å². The average Bonchev–Trinajstić information content (AvgIpc) is 2.40. The van der Waals surface area contributed by atoms with Crippen LogP contribution in [0, 0.1) is 12.7 Å². The number of pyridine rings is 1. The lowest BCUT2D eigenvalue weighted by Gasteiger charge is -2.18. The second-order valence-corrected chi connectivity index (χ2v) is 4.72. The quantitative estimate of drug-likeness (QED) is 0.870. The van der Waals surface area contributed by atoms with Crippen LogP contribution in [0.3, 0.4) is 0 Å². The van der Waals surface area contributed by atoms with E-state index < -0.39 is 23.6 Å². The maximum absolute atomic E-state index is 13.3. The van der Waals surface area contributed by atoms with Crippen molar-refractivity contribution < 1.29 is 17.6 Å². The van der Waals surface area contributed by atoms with Gasteiger partial charge in [-0.15, -0.1) is 0 Å². The molecule has 0 fully saturated rings. The molecule has 0 radical (unpaired) electrons. The standard InChI is InChI=1S/C15H14F4N2/c1-9-5-6-21-13(7-9)14(20-2)10-3-4-12(16)11(8-10)15(17,18)19/h3-8,14,20H,1-2H3. The topological polar surface area (TPSA) is 24.9 Å². The van der Waals surface area contributed by atoms with Crippen LogP contribution >= 0.6 is 0 Å². The van der Waals surface area contributed by atoms with E-state index in [4.69, 9.17) is 0 Å². The van der Waals surface area contributed by atoms with E-state index in [1.165, 1.54) is 6.07 Å². The Morgan fingerprint density at radius 1 is 1.14 bits per heavy atom. The van der Waals surface area contributed by atoms with Gasteiger partial charge < -0.3 is 5.32 Å². The number of nitrogens with one attached hydrogen (secondary N) is 1. The fraction of sp³-hybridized carbons (Fsp3) is 0.267. The summed E-state index contributed by atoms with van der Waals surface area (Å²) in [4.78, 5) is 4.16. The van der Waals surface area contributed by atoms with Crippen LogP contribution in [0.2, 0.25) is 0 Å². The number of alkyl halides is 3. The van der Waals surface area contributed by atoms with E-state index in [0.29, 0.717) is 11.3 Å². The summed E-state index contributed by atoms with van der Waals surface area (Å²) in [6.45, 7) is 1.86. The van der Waals surface area contributed by atoms with Crippen LogP contribution < -0.4 is 5.32 Å². The van der Waals surface area contributed by atoms with E-state index in [2.05, 4.69) is 10.3 Å². The third kappa shape index (κ3) is 3.39. The fourth-order valence-electron chi connectivity index (χ4n) is 2.14. The number of rotatable bonds is 3. The molecular formula is C15H14F4N2. The Labute approximate surface area is 119 Å². The molecule has 1 heterocycles. The fourth-order valence-corrected chi connectivity index (χ4v) is 2.14. The van der Waals surface area contributed by atoms with Crippen molar-refractivity contribution in [3.63, 3.8) is 0 Å². The Bertz CT molecular complexity index is 638. The number of nitrogens with zero attached hydrogens (tertiary/aromatic N) is 1. The largest absolute Gasteiger partial charge is 0.419 e. The Kier molecular flexibility index (Phi) is 4.27. The molecule has 0 bridgehead atoms. The molecule has 112 valence electrons. The predicted octanol–water partition coefficient (Wildman–Crippen LogP) is 3.86. The molecular weight excluding hydrogens is 284 g/mol. The number of halogens is 4. The molecule has 2 rings (SSSR count). The van der Waals surface area contributed by atoms with Crippen molar-refractivity contribution in [3.8, 4) is 0 Å². The number of benzene rings is 1. The number of aromatic nitrogens is 1. The molecule has 0 aliphatic carbocycles. The average molecular weight is 298 g/mol. The zero-order valence-corrected chi connectivity index (χ0v) is 11.5. The number of hydrogen-bond acceptors (Lipinski definition) is 2. The maximum Gasteiger partial charge on any atom is 0.419 e. The smallest absolute Gasteiger partial charge is 0.308 e.